The maximum absolute atomic E-state index is 12.7. The smallest absolute Gasteiger partial charge is 0.251 e. The number of aliphatic hydroxyl groups excluding tert-OH is 1. The highest BCUT2D eigenvalue weighted by Crippen LogP contribution is 2.31. The number of hydrogen-bond acceptors (Lipinski definition) is 11. The number of hydrogen-bond donors (Lipinski definition) is 3. The summed E-state index contributed by atoms with van der Waals surface area (Å²) >= 11 is 0. The number of anilines is 2. The monoisotopic (exact) mass is 495 g/mol. The minimum absolute atomic E-state index is 0.0237. The van der Waals surface area contributed by atoms with E-state index < -0.39 is 6.10 Å². The second-order valence-corrected chi connectivity index (χ2v) is 8.93. The minimum Gasteiger partial charge on any atom is -0.474 e. The molecule has 0 aromatic carbocycles. The number of ether oxygens (including phenoxy) is 2. The normalized spacial score (nSPS) is 20.4. The SMILES string of the molecule is CN(C(=O)[C@@H](O)Cc1cnc[nH]1)C1CC(Oc2cc(-c3cnc(N)nc3)nc(N3CCOCC3)n2)C1. The minimum atomic E-state index is -1.13. The van der Waals surface area contributed by atoms with Crippen LogP contribution in [0.2, 0.25) is 0 Å². The Balaban J connectivity index is 1.24. The van der Waals surface area contributed by atoms with Gasteiger partial charge in [0.2, 0.25) is 17.8 Å². The predicted molar refractivity (Wildman–Crippen MR) is 129 cm³/mol. The van der Waals surface area contributed by atoms with Crippen molar-refractivity contribution >= 4 is 17.8 Å². The average Bonchev–Trinajstić information content (AvgIpc) is 3.39. The molecule has 1 saturated heterocycles. The number of morpholine rings is 1. The fraction of sp³-hybridized carbons (Fsp3) is 0.478. The van der Waals surface area contributed by atoms with Crippen LogP contribution in [0.4, 0.5) is 11.9 Å². The number of aromatic amines is 1. The lowest BCUT2D eigenvalue weighted by Crippen LogP contribution is -2.52. The third-order valence-corrected chi connectivity index (χ3v) is 6.46. The molecule has 0 radical (unpaired) electrons. The largest absolute Gasteiger partial charge is 0.474 e. The topological polar surface area (TPSA) is 168 Å². The number of nitrogen functional groups attached to an aromatic ring is 1. The molecule has 4 heterocycles. The first-order valence-corrected chi connectivity index (χ1v) is 11.8. The molecule has 1 aliphatic heterocycles. The number of aliphatic hydroxyl groups is 1. The summed E-state index contributed by atoms with van der Waals surface area (Å²) in [5.74, 6) is 0.851. The number of nitrogens with zero attached hydrogens (tertiary/aromatic N) is 7. The molecule has 5 rings (SSSR count). The molecule has 1 aliphatic carbocycles. The van der Waals surface area contributed by atoms with Crippen molar-refractivity contribution in [3.63, 3.8) is 0 Å². The predicted octanol–water partition coefficient (Wildman–Crippen LogP) is 0.0473. The molecule has 2 fully saturated rings. The van der Waals surface area contributed by atoms with Crippen LogP contribution in [0.1, 0.15) is 18.5 Å². The van der Waals surface area contributed by atoms with E-state index in [1.54, 1.807) is 36.6 Å². The molecule has 190 valence electrons. The number of carbonyl (C=O) groups excluding carboxylic acids is 1. The molecule has 1 amide bonds. The summed E-state index contributed by atoms with van der Waals surface area (Å²) < 4.78 is 11.6. The van der Waals surface area contributed by atoms with Crippen LogP contribution < -0.4 is 15.4 Å². The van der Waals surface area contributed by atoms with E-state index in [4.69, 9.17) is 20.2 Å². The lowest BCUT2D eigenvalue weighted by atomic mass is 9.87. The zero-order valence-corrected chi connectivity index (χ0v) is 19.9. The number of aromatic nitrogens is 6. The van der Waals surface area contributed by atoms with Crippen LogP contribution in [-0.4, -0.2) is 97.4 Å². The number of nitrogens with two attached hydrogens (primary N) is 1. The molecule has 2 aliphatic rings. The van der Waals surface area contributed by atoms with Gasteiger partial charge in [-0.15, -0.1) is 0 Å². The second kappa shape index (κ2) is 10.4. The molecule has 0 unspecified atom stereocenters. The Labute approximate surface area is 207 Å². The van der Waals surface area contributed by atoms with Crippen molar-refractivity contribution in [2.75, 3.05) is 44.0 Å². The van der Waals surface area contributed by atoms with Crippen LogP contribution in [0, 0.1) is 0 Å². The summed E-state index contributed by atoms with van der Waals surface area (Å²) in [5, 5.41) is 10.3. The van der Waals surface area contributed by atoms with E-state index in [9.17, 15) is 9.90 Å². The van der Waals surface area contributed by atoms with Crippen molar-refractivity contribution < 1.29 is 19.4 Å². The van der Waals surface area contributed by atoms with Gasteiger partial charge in [0.15, 0.2) is 0 Å². The van der Waals surface area contributed by atoms with Crippen molar-refractivity contribution in [3.05, 3.63) is 36.7 Å². The number of carbonyl (C=O) groups is 1. The van der Waals surface area contributed by atoms with Crippen molar-refractivity contribution in [1.29, 1.82) is 0 Å². The molecule has 1 atom stereocenters. The third kappa shape index (κ3) is 5.36. The first kappa shape index (κ1) is 23.9. The summed E-state index contributed by atoms with van der Waals surface area (Å²) in [7, 11) is 1.71. The van der Waals surface area contributed by atoms with Crippen molar-refractivity contribution in [3.8, 4) is 17.1 Å². The highest BCUT2D eigenvalue weighted by molar-refractivity contribution is 5.81. The van der Waals surface area contributed by atoms with Gasteiger partial charge < -0.3 is 35.1 Å². The van der Waals surface area contributed by atoms with Crippen LogP contribution in [0.25, 0.3) is 11.3 Å². The lowest BCUT2D eigenvalue weighted by Gasteiger charge is -2.41. The van der Waals surface area contributed by atoms with Gasteiger partial charge in [0.25, 0.3) is 5.91 Å². The van der Waals surface area contributed by atoms with Crippen molar-refractivity contribution in [2.24, 2.45) is 0 Å². The molecule has 13 nitrogen and oxygen atoms in total. The molecule has 3 aromatic rings. The maximum atomic E-state index is 12.7. The molecular weight excluding hydrogens is 466 g/mol. The number of amides is 1. The fourth-order valence-corrected chi connectivity index (χ4v) is 4.22. The van der Waals surface area contributed by atoms with E-state index in [1.807, 2.05) is 0 Å². The van der Waals surface area contributed by atoms with Crippen molar-refractivity contribution in [2.45, 2.75) is 37.5 Å². The highest BCUT2D eigenvalue weighted by atomic mass is 16.5. The Morgan fingerprint density at radius 2 is 2.03 bits per heavy atom. The summed E-state index contributed by atoms with van der Waals surface area (Å²) in [6.45, 7) is 2.57. The Morgan fingerprint density at radius 3 is 2.72 bits per heavy atom. The van der Waals surface area contributed by atoms with Crippen LogP contribution in [0.3, 0.4) is 0 Å². The number of H-pyrrole nitrogens is 1. The zero-order chi connectivity index (χ0) is 25.1. The number of rotatable bonds is 8. The Bertz CT molecular complexity index is 1160. The second-order valence-electron chi connectivity index (χ2n) is 8.93. The Morgan fingerprint density at radius 1 is 1.28 bits per heavy atom. The quantitative estimate of drug-likeness (QED) is 0.386. The van der Waals surface area contributed by atoms with Crippen LogP contribution in [0.15, 0.2) is 31.0 Å². The van der Waals surface area contributed by atoms with E-state index >= 15 is 0 Å². The molecule has 4 N–H and O–H groups in total. The lowest BCUT2D eigenvalue weighted by molar-refractivity contribution is -0.144. The molecule has 0 bridgehead atoms. The summed E-state index contributed by atoms with van der Waals surface area (Å²) in [6.07, 6.45) is 6.58. The van der Waals surface area contributed by atoms with Gasteiger partial charge in [0.05, 0.1) is 25.2 Å². The molecule has 36 heavy (non-hydrogen) atoms. The molecule has 0 spiro atoms. The number of nitrogens with one attached hydrogen (secondary N) is 1. The van der Waals surface area contributed by atoms with E-state index in [1.165, 1.54) is 6.33 Å². The number of imidazole rings is 1. The van der Waals surface area contributed by atoms with Gasteiger partial charge in [0, 0.05) is 81.4 Å². The van der Waals surface area contributed by atoms with Gasteiger partial charge in [-0.05, 0) is 0 Å². The Kier molecular flexibility index (Phi) is 6.91. The number of likely N-dealkylation sites (N-methyl/N-ethyl adjacent to an activating group) is 1. The van der Waals surface area contributed by atoms with Crippen LogP contribution in [-0.2, 0) is 16.0 Å². The molecule has 1 saturated carbocycles. The summed E-state index contributed by atoms with van der Waals surface area (Å²) in [5.41, 5.74) is 7.68. The van der Waals surface area contributed by atoms with Gasteiger partial charge in [-0.2, -0.15) is 4.98 Å². The van der Waals surface area contributed by atoms with E-state index in [2.05, 4.69) is 29.8 Å². The average molecular weight is 496 g/mol. The Hall–Kier alpha value is -3.84. The molecular formula is C23H29N9O4. The van der Waals surface area contributed by atoms with Gasteiger partial charge in [0.1, 0.15) is 12.2 Å². The maximum Gasteiger partial charge on any atom is 0.251 e. The van der Waals surface area contributed by atoms with Crippen molar-refractivity contribution in [1.82, 2.24) is 34.8 Å². The van der Waals surface area contributed by atoms with Crippen LogP contribution in [0.5, 0.6) is 5.88 Å². The zero-order valence-electron chi connectivity index (χ0n) is 19.9. The van der Waals surface area contributed by atoms with E-state index in [0.29, 0.717) is 67.9 Å². The first-order chi connectivity index (χ1) is 17.5. The van der Waals surface area contributed by atoms with E-state index in [0.717, 1.165) is 0 Å². The van der Waals surface area contributed by atoms with Crippen LogP contribution >= 0.6 is 0 Å². The van der Waals surface area contributed by atoms with Gasteiger partial charge in [-0.25, -0.2) is 19.9 Å². The van der Waals surface area contributed by atoms with Gasteiger partial charge >= 0.3 is 0 Å². The first-order valence-electron chi connectivity index (χ1n) is 11.8. The van der Waals surface area contributed by atoms with Gasteiger partial charge in [-0.1, -0.05) is 0 Å². The third-order valence-electron chi connectivity index (χ3n) is 6.46. The standard InChI is InChI=1S/C23H29N9O4/c1-31(21(34)19(33)6-15-12-25-13-28-15)16-7-17(8-16)36-20-9-18(14-10-26-22(24)27-11-14)29-23(30-20)32-2-4-35-5-3-32/h9-13,16-17,19,33H,2-8H2,1H3,(H,25,28)(H2,24,26,27)/t16?,17?,19-/m0/s1. The summed E-state index contributed by atoms with van der Waals surface area (Å²) in [6, 6.07) is 1.74. The van der Waals surface area contributed by atoms with E-state index in [-0.39, 0.29) is 30.4 Å². The highest BCUT2D eigenvalue weighted by Gasteiger charge is 2.37. The fourth-order valence-electron chi connectivity index (χ4n) is 4.22. The van der Waals surface area contributed by atoms with Gasteiger partial charge in [-0.3, -0.25) is 4.79 Å². The molecule has 13 heteroatoms. The summed E-state index contributed by atoms with van der Waals surface area (Å²) in [4.78, 5) is 40.6. The molecule has 3 aromatic heterocycles.